The number of thioether (sulfide) groups is 1. The summed E-state index contributed by atoms with van der Waals surface area (Å²) in [5.74, 6) is 1.48. The first-order chi connectivity index (χ1) is 9.27. The summed E-state index contributed by atoms with van der Waals surface area (Å²) < 4.78 is 0. The van der Waals surface area contributed by atoms with E-state index in [1.807, 2.05) is 11.8 Å². The Bertz CT molecular complexity index is 282. The van der Waals surface area contributed by atoms with Crippen molar-refractivity contribution >= 4 is 17.7 Å². The molecule has 3 nitrogen and oxygen atoms in total. The molecule has 1 unspecified atom stereocenters. The minimum Gasteiger partial charge on any atom is -0.354 e. The fraction of sp³-hybridized carbons (Fsp3) is 0.933. The standard InChI is InChI=1S/C15H28N2OS/c16-12-15(8-4-1-2-5-9-15)14(18)17-11-13-7-3-6-10-19-13/h13H,1-12,16H2,(H,17,18). The van der Waals surface area contributed by atoms with Gasteiger partial charge in [-0.05, 0) is 31.4 Å². The van der Waals surface area contributed by atoms with Crippen LogP contribution in [-0.4, -0.2) is 30.0 Å². The van der Waals surface area contributed by atoms with Gasteiger partial charge >= 0.3 is 0 Å². The van der Waals surface area contributed by atoms with Gasteiger partial charge in [-0.3, -0.25) is 4.79 Å². The average Bonchev–Trinajstić information content (AvgIpc) is 2.72. The molecular formula is C15H28N2OS. The lowest BCUT2D eigenvalue weighted by Crippen LogP contribution is -2.47. The minimum absolute atomic E-state index is 0.225. The van der Waals surface area contributed by atoms with Crippen molar-refractivity contribution in [2.24, 2.45) is 11.1 Å². The monoisotopic (exact) mass is 284 g/mol. The molecule has 1 heterocycles. The van der Waals surface area contributed by atoms with Gasteiger partial charge in [0.1, 0.15) is 0 Å². The fourth-order valence-corrected chi connectivity index (χ4v) is 4.53. The first kappa shape index (κ1) is 15.2. The Hall–Kier alpha value is -0.220. The quantitative estimate of drug-likeness (QED) is 0.780. The normalized spacial score (nSPS) is 27.5. The van der Waals surface area contributed by atoms with Crippen LogP contribution in [0.15, 0.2) is 0 Å². The molecule has 1 saturated carbocycles. The number of carbonyl (C=O) groups excluding carboxylic acids is 1. The van der Waals surface area contributed by atoms with Gasteiger partial charge in [0.25, 0.3) is 0 Å². The van der Waals surface area contributed by atoms with E-state index in [0.29, 0.717) is 11.8 Å². The third-order valence-corrected chi connectivity index (χ3v) is 6.10. The second-order valence-corrected chi connectivity index (χ2v) is 7.51. The predicted octanol–water partition coefficient (Wildman–Crippen LogP) is 2.69. The first-order valence-corrected chi connectivity index (χ1v) is 8.92. The van der Waals surface area contributed by atoms with Gasteiger partial charge in [-0.25, -0.2) is 0 Å². The van der Waals surface area contributed by atoms with E-state index in [0.717, 1.165) is 32.2 Å². The Morgan fingerprint density at radius 2 is 1.89 bits per heavy atom. The molecular weight excluding hydrogens is 256 g/mol. The van der Waals surface area contributed by atoms with Crippen LogP contribution in [0.3, 0.4) is 0 Å². The van der Waals surface area contributed by atoms with Gasteiger partial charge in [-0.2, -0.15) is 11.8 Å². The Balaban J connectivity index is 1.84. The topological polar surface area (TPSA) is 55.1 Å². The van der Waals surface area contributed by atoms with Crippen LogP contribution in [0.2, 0.25) is 0 Å². The van der Waals surface area contributed by atoms with E-state index in [-0.39, 0.29) is 11.3 Å². The number of amides is 1. The van der Waals surface area contributed by atoms with Crippen LogP contribution in [0.4, 0.5) is 0 Å². The molecule has 2 rings (SSSR count). The molecule has 1 saturated heterocycles. The van der Waals surface area contributed by atoms with E-state index in [4.69, 9.17) is 5.73 Å². The molecule has 4 heteroatoms. The minimum atomic E-state index is -0.268. The molecule has 1 atom stereocenters. The maximum absolute atomic E-state index is 12.5. The summed E-state index contributed by atoms with van der Waals surface area (Å²) in [6, 6.07) is 0. The van der Waals surface area contributed by atoms with Crippen LogP contribution < -0.4 is 11.1 Å². The van der Waals surface area contributed by atoms with E-state index in [2.05, 4.69) is 5.32 Å². The van der Waals surface area contributed by atoms with Crippen LogP contribution in [0.5, 0.6) is 0 Å². The van der Waals surface area contributed by atoms with Crippen molar-refractivity contribution in [3.05, 3.63) is 0 Å². The number of carbonyl (C=O) groups is 1. The van der Waals surface area contributed by atoms with E-state index >= 15 is 0 Å². The van der Waals surface area contributed by atoms with Crippen LogP contribution in [0.25, 0.3) is 0 Å². The molecule has 1 aliphatic carbocycles. The summed E-state index contributed by atoms with van der Waals surface area (Å²) in [4.78, 5) is 12.5. The Morgan fingerprint density at radius 3 is 2.47 bits per heavy atom. The smallest absolute Gasteiger partial charge is 0.227 e. The number of rotatable bonds is 4. The molecule has 2 aliphatic rings. The average molecular weight is 284 g/mol. The highest BCUT2D eigenvalue weighted by atomic mass is 32.2. The van der Waals surface area contributed by atoms with Gasteiger partial charge in [0.2, 0.25) is 5.91 Å². The van der Waals surface area contributed by atoms with Crippen molar-refractivity contribution in [1.29, 1.82) is 0 Å². The Labute approximate surface area is 121 Å². The number of nitrogens with one attached hydrogen (secondary N) is 1. The van der Waals surface area contributed by atoms with Crippen molar-refractivity contribution in [3.63, 3.8) is 0 Å². The summed E-state index contributed by atoms with van der Waals surface area (Å²) in [5, 5.41) is 3.83. The lowest BCUT2D eigenvalue weighted by atomic mass is 9.79. The zero-order chi connectivity index (χ0) is 13.6. The second-order valence-electron chi connectivity index (χ2n) is 6.10. The second kappa shape index (κ2) is 7.53. The lowest BCUT2D eigenvalue weighted by molar-refractivity contribution is -0.131. The van der Waals surface area contributed by atoms with Gasteiger partial charge in [-0.1, -0.05) is 32.1 Å². The first-order valence-electron chi connectivity index (χ1n) is 7.87. The molecule has 110 valence electrons. The van der Waals surface area contributed by atoms with E-state index in [1.54, 1.807) is 0 Å². The van der Waals surface area contributed by atoms with Crippen LogP contribution in [0, 0.1) is 5.41 Å². The Kier molecular flexibility index (Phi) is 6.02. The summed E-state index contributed by atoms with van der Waals surface area (Å²) in [5.41, 5.74) is 5.68. The largest absolute Gasteiger partial charge is 0.354 e. The SMILES string of the molecule is NCC1(C(=O)NCC2CCCCS2)CCCCCC1. The van der Waals surface area contributed by atoms with Crippen LogP contribution in [-0.2, 0) is 4.79 Å². The molecule has 0 spiro atoms. The number of hydrogen-bond acceptors (Lipinski definition) is 3. The number of nitrogens with two attached hydrogens (primary N) is 1. The maximum atomic E-state index is 12.5. The van der Waals surface area contributed by atoms with Gasteiger partial charge in [0, 0.05) is 18.3 Å². The number of hydrogen-bond donors (Lipinski definition) is 2. The molecule has 1 aliphatic heterocycles. The maximum Gasteiger partial charge on any atom is 0.227 e. The van der Waals surface area contributed by atoms with Gasteiger partial charge < -0.3 is 11.1 Å². The zero-order valence-electron chi connectivity index (χ0n) is 12.0. The van der Waals surface area contributed by atoms with Crippen molar-refractivity contribution in [2.75, 3.05) is 18.8 Å². The Morgan fingerprint density at radius 1 is 1.16 bits per heavy atom. The van der Waals surface area contributed by atoms with Gasteiger partial charge in [0.05, 0.1) is 5.41 Å². The molecule has 1 amide bonds. The molecule has 0 aromatic carbocycles. The van der Waals surface area contributed by atoms with E-state index in [1.165, 1.54) is 37.9 Å². The summed E-state index contributed by atoms with van der Waals surface area (Å²) in [6.07, 6.45) is 10.7. The third kappa shape index (κ3) is 4.12. The van der Waals surface area contributed by atoms with Gasteiger partial charge in [-0.15, -0.1) is 0 Å². The molecule has 0 aromatic heterocycles. The fourth-order valence-electron chi connectivity index (χ4n) is 3.29. The van der Waals surface area contributed by atoms with E-state index in [9.17, 15) is 4.79 Å². The molecule has 2 fully saturated rings. The van der Waals surface area contributed by atoms with Crippen LogP contribution in [0.1, 0.15) is 57.8 Å². The molecule has 3 N–H and O–H groups in total. The molecule has 0 aromatic rings. The third-order valence-electron chi connectivity index (χ3n) is 4.70. The van der Waals surface area contributed by atoms with Crippen molar-refractivity contribution < 1.29 is 4.79 Å². The lowest BCUT2D eigenvalue weighted by Gasteiger charge is -2.31. The molecule has 0 bridgehead atoms. The molecule has 0 radical (unpaired) electrons. The van der Waals surface area contributed by atoms with Crippen molar-refractivity contribution in [1.82, 2.24) is 5.32 Å². The molecule has 19 heavy (non-hydrogen) atoms. The highest BCUT2D eigenvalue weighted by Crippen LogP contribution is 2.34. The predicted molar refractivity (Wildman–Crippen MR) is 82.3 cm³/mol. The summed E-state index contributed by atoms with van der Waals surface area (Å²) >= 11 is 2.02. The summed E-state index contributed by atoms with van der Waals surface area (Å²) in [7, 11) is 0. The van der Waals surface area contributed by atoms with E-state index < -0.39 is 0 Å². The van der Waals surface area contributed by atoms with Gasteiger partial charge in [0.15, 0.2) is 0 Å². The van der Waals surface area contributed by atoms with Crippen LogP contribution >= 0.6 is 11.8 Å². The summed E-state index contributed by atoms with van der Waals surface area (Å²) in [6.45, 7) is 1.35. The van der Waals surface area contributed by atoms with Crippen molar-refractivity contribution in [2.45, 2.75) is 63.0 Å². The highest BCUT2D eigenvalue weighted by Gasteiger charge is 2.37. The zero-order valence-corrected chi connectivity index (χ0v) is 12.8. The van der Waals surface area contributed by atoms with Crippen molar-refractivity contribution in [3.8, 4) is 0 Å². The highest BCUT2D eigenvalue weighted by molar-refractivity contribution is 7.99.